The zero-order valence-corrected chi connectivity index (χ0v) is 13.6. The number of nitrogens with one attached hydrogen (secondary N) is 1. The van der Waals surface area contributed by atoms with Gasteiger partial charge in [0, 0.05) is 24.3 Å². The number of para-hydroxylation sites is 1. The number of hydrogen-bond donors (Lipinski definition) is 1. The Balaban J connectivity index is 1.90. The van der Waals surface area contributed by atoms with Crippen molar-refractivity contribution in [3.05, 3.63) is 29.8 Å². The number of fused-ring (bicyclic) bond motifs is 1. The summed E-state index contributed by atoms with van der Waals surface area (Å²) in [5, 5.41) is 3.66. The van der Waals surface area contributed by atoms with Crippen LogP contribution < -0.4 is 10.2 Å². The third-order valence-corrected chi connectivity index (χ3v) is 5.47. The number of rotatable bonds is 5. The average Bonchev–Trinajstić information content (AvgIpc) is 3.01. The van der Waals surface area contributed by atoms with Gasteiger partial charge in [0.15, 0.2) is 0 Å². The lowest BCUT2D eigenvalue weighted by atomic mass is 9.90. The normalized spacial score (nSPS) is 26.7. The van der Waals surface area contributed by atoms with E-state index in [1.165, 1.54) is 49.9 Å². The number of benzene rings is 1. The predicted octanol–water partition coefficient (Wildman–Crippen LogP) is 4.52. The van der Waals surface area contributed by atoms with Crippen LogP contribution in [0.1, 0.15) is 64.0 Å². The molecule has 2 nitrogen and oxygen atoms in total. The molecule has 0 bridgehead atoms. The van der Waals surface area contributed by atoms with Gasteiger partial charge in [-0.25, -0.2) is 0 Å². The maximum Gasteiger partial charge on any atom is 0.0417 e. The van der Waals surface area contributed by atoms with Crippen LogP contribution in [0.15, 0.2) is 24.3 Å². The summed E-state index contributed by atoms with van der Waals surface area (Å²) in [5.41, 5.74) is 3.01. The average molecular weight is 286 g/mol. The lowest BCUT2D eigenvalue weighted by Gasteiger charge is -2.41. The summed E-state index contributed by atoms with van der Waals surface area (Å²) in [6.07, 6.45) is 8.26. The fourth-order valence-electron chi connectivity index (χ4n) is 4.52. The molecule has 1 saturated heterocycles. The maximum absolute atomic E-state index is 3.66. The van der Waals surface area contributed by atoms with E-state index in [2.05, 4.69) is 48.3 Å². The molecule has 1 aromatic carbocycles. The van der Waals surface area contributed by atoms with Crippen LogP contribution in [0.25, 0.3) is 0 Å². The Morgan fingerprint density at radius 3 is 2.76 bits per heavy atom. The van der Waals surface area contributed by atoms with Crippen LogP contribution in [0.2, 0.25) is 0 Å². The lowest BCUT2D eigenvalue weighted by Crippen LogP contribution is -2.43. The Morgan fingerprint density at radius 2 is 1.95 bits per heavy atom. The monoisotopic (exact) mass is 286 g/mol. The first-order valence-electron chi connectivity index (χ1n) is 8.94. The van der Waals surface area contributed by atoms with Crippen molar-refractivity contribution in [2.24, 2.45) is 5.92 Å². The first kappa shape index (κ1) is 14.9. The van der Waals surface area contributed by atoms with Crippen LogP contribution in [0.4, 0.5) is 5.69 Å². The Bertz CT molecular complexity index is 457. The zero-order chi connectivity index (χ0) is 14.7. The fraction of sp³-hybridized carbons (Fsp3) is 0.684. The van der Waals surface area contributed by atoms with Crippen LogP contribution in [-0.2, 0) is 0 Å². The second kappa shape index (κ2) is 6.83. The summed E-state index contributed by atoms with van der Waals surface area (Å²) in [4.78, 5) is 2.75. The van der Waals surface area contributed by atoms with E-state index in [1.54, 1.807) is 0 Å². The largest absolute Gasteiger partial charge is 0.368 e. The minimum Gasteiger partial charge on any atom is -0.368 e. The Kier molecular flexibility index (Phi) is 4.84. The molecule has 0 spiro atoms. The highest BCUT2D eigenvalue weighted by Gasteiger charge is 2.36. The molecule has 1 aliphatic carbocycles. The molecule has 21 heavy (non-hydrogen) atoms. The van der Waals surface area contributed by atoms with E-state index in [0.717, 1.165) is 24.9 Å². The van der Waals surface area contributed by atoms with Gasteiger partial charge in [0.2, 0.25) is 0 Å². The molecular formula is C19H30N2. The fourth-order valence-corrected chi connectivity index (χ4v) is 4.52. The summed E-state index contributed by atoms with van der Waals surface area (Å²) in [6, 6.07) is 10.4. The second-order valence-electron chi connectivity index (χ2n) is 6.67. The first-order chi connectivity index (χ1) is 10.3. The molecule has 2 aliphatic rings. The van der Waals surface area contributed by atoms with Crippen molar-refractivity contribution in [2.75, 3.05) is 18.0 Å². The number of nitrogens with zero attached hydrogens (tertiary/aromatic N) is 1. The van der Waals surface area contributed by atoms with Crippen molar-refractivity contribution < 1.29 is 0 Å². The quantitative estimate of drug-likeness (QED) is 0.856. The van der Waals surface area contributed by atoms with E-state index in [9.17, 15) is 0 Å². The molecule has 2 heteroatoms. The molecular weight excluding hydrogens is 256 g/mol. The highest BCUT2D eigenvalue weighted by Crippen LogP contribution is 2.41. The summed E-state index contributed by atoms with van der Waals surface area (Å²) >= 11 is 0. The van der Waals surface area contributed by atoms with Gasteiger partial charge in [0.1, 0.15) is 0 Å². The van der Waals surface area contributed by atoms with E-state index in [1.807, 2.05) is 0 Å². The molecule has 1 heterocycles. The van der Waals surface area contributed by atoms with Crippen molar-refractivity contribution in [2.45, 2.75) is 64.5 Å². The Labute approximate surface area is 129 Å². The minimum absolute atomic E-state index is 0.493. The van der Waals surface area contributed by atoms with Crippen LogP contribution in [0, 0.1) is 5.92 Å². The SMILES string of the molecule is CCNC(CC)c1ccccc1N1CCCC2CCCC21. The number of piperidine rings is 1. The van der Waals surface area contributed by atoms with Gasteiger partial charge in [0.25, 0.3) is 0 Å². The smallest absolute Gasteiger partial charge is 0.0417 e. The molecule has 3 rings (SSSR count). The van der Waals surface area contributed by atoms with Gasteiger partial charge in [0.05, 0.1) is 0 Å². The van der Waals surface area contributed by atoms with E-state index in [0.29, 0.717) is 6.04 Å². The van der Waals surface area contributed by atoms with E-state index >= 15 is 0 Å². The summed E-state index contributed by atoms with van der Waals surface area (Å²) in [7, 11) is 0. The number of anilines is 1. The predicted molar refractivity (Wildman–Crippen MR) is 90.9 cm³/mol. The molecule has 3 unspecified atom stereocenters. The van der Waals surface area contributed by atoms with Gasteiger partial charge in [-0.1, -0.05) is 38.5 Å². The molecule has 0 amide bonds. The molecule has 0 radical (unpaired) electrons. The van der Waals surface area contributed by atoms with Gasteiger partial charge in [-0.3, -0.25) is 0 Å². The summed E-state index contributed by atoms with van der Waals surface area (Å²) < 4.78 is 0. The lowest BCUT2D eigenvalue weighted by molar-refractivity contribution is 0.361. The van der Waals surface area contributed by atoms with Crippen molar-refractivity contribution in [3.8, 4) is 0 Å². The molecule has 0 aromatic heterocycles. The van der Waals surface area contributed by atoms with Crippen LogP contribution in [0.5, 0.6) is 0 Å². The van der Waals surface area contributed by atoms with Crippen molar-refractivity contribution in [1.82, 2.24) is 5.32 Å². The van der Waals surface area contributed by atoms with Gasteiger partial charge >= 0.3 is 0 Å². The Morgan fingerprint density at radius 1 is 1.14 bits per heavy atom. The van der Waals surface area contributed by atoms with Gasteiger partial charge in [-0.05, 0) is 56.2 Å². The molecule has 1 aromatic rings. The third-order valence-electron chi connectivity index (χ3n) is 5.47. The second-order valence-corrected chi connectivity index (χ2v) is 6.67. The highest BCUT2D eigenvalue weighted by molar-refractivity contribution is 5.56. The molecule has 1 saturated carbocycles. The molecule has 1 N–H and O–H groups in total. The highest BCUT2D eigenvalue weighted by atomic mass is 15.2. The number of hydrogen-bond acceptors (Lipinski definition) is 2. The first-order valence-corrected chi connectivity index (χ1v) is 8.94. The van der Waals surface area contributed by atoms with Gasteiger partial charge < -0.3 is 10.2 Å². The van der Waals surface area contributed by atoms with Gasteiger partial charge in [-0.2, -0.15) is 0 Å². The third kappa shape index (κ3) is 2.96. The summed E-state index contributed by atoms with van der Waals surface area (Å²) in [5.74, 6) is 0.950. The van der Waals surface area contributed by atoms with Crippen molar-refractivity contribution in [1.29, 1.82) is 0 Å². The van der Waals surface area contributed by atoms with Gasteiger partial charge in [-0.15, -0.1) is 0 Å². The molecule has 3 atom stereocenters. The van der Waals surface area contributed by atoms with E-state index < -0.39 is 0 Å². The minimum atomic E-state index is 0.493. The zero-order valence-electron chi connectivity index (χ0n) is 13.6. The van der Waals surface area contributed by atoms with E-state index in [4.69, 9.17) is 0 Å². The van der Waals surface area contributed by atoms with Crippen LogP contribution >= 0.6 is 0 Å². The standard InChI is InChI=1S/C19H30N2/c1-3-17(20-4-2)16-11-5-6-12-19(16)21-14-8-10-15-9-7-13-18(15)21/h5-6,11-12,15,17-18,20H,3-4,7-10,13-14H2,1-2H3. The Hall–Kier alpha value is -1.02. The van der Waals surface area contributed by atoms with E-state index in [-0.39, 0.29) is 0 Å². The maximum atomic E-state index is 3.66. The summed E-state index contributed by atoms with van der Waals surface area (Å²) in [6.45, 7) is 6.79. The molecule has 1 aliphatic heterocycles. The topological polar surface area (TPSA) is 15.3 Å². The molecule has 2 fully saturated rings. The molecule has 116 valence electrons. The van der Waals surface area contributed by atoms with Crippen LogP contribution in [0.3, 0.4) is 0 Å². The van der Waals surface area contributed by atoms with Crippen LogP contribution in [-0.4, -0.2) is 19.1 Å². The van der Waals surface area contributed by atoms with Crippen molar-refractivity contribution in [3.63, 3.8) is 0 Å². The van der Waals surface area contributed by atoms with Crippen molar-refractivity contribution >= 4 is 5.69 Å².